The number of aliphatic hydroxyl groups excluding tert-OH is 1. The molecule has 2 atom stereocenters. The third kappa shape index (κ3) is 1.66. The van der Waals surface area contributed by atoms with Crippen LogP contribution in [0.15, 0.2) is 42.0 Å². The van der Waals surface area contributed by atoms with Crippen molar-refractivity contribution in [2.24, 2.45) is 5.41 Å². The Balaban J connectivity index is 2.21. The lowest BCUT2D eigenvalue weighted by atomic mass is 9.55. The van der Waals surface area contributed by atoms with Gasteiger partial charge in [-0.15, -0.1) is 0 Å². The highest BCUT2D eigenvalue weighted by Gasteiger charge is 2.55. The fraction of sp³-hybridized carbons (Fsp3) is 0.471. The number of fused-ring (bicyclic) bond motifs is 1. The number of hydrogen-bond donors (Lipinski definition) is 2. The van der Waals surface area contributed by atoms with E-state index in [0.717, 1.165) is 11.1 Å². The van der Waals surface area contributed by atoms with E-state index in [2.05, 4.69) is 11.4 Å². The molecule has 0 bridgehead atoms. The molecule has 1 aromatic carbocycles. The average molecular weight is 271 g/mol. The number of carbonyl (C=O) groups excluding carboxylic acids is 1. The maximum atomic E-state index is 12.7. The first-order chi connectivity index (χ1) is 9.49. The Kier molecular flexibility index (Phi) is 2.98. The largest absolute Gasteiger partial charge is 0.392 e. The summed E-state index contributed by atoms with van der Waals surface area (Å²) in [6.07, 6.45) is 3.01. The SMILES string of the molecule is CC1(C)C2=CCNC(=O)C2(c2ccccc2)CCC1O. The van der Waals surface area contributed by atoms with E-state index in [9.17, 15) is 9.90 Å². The molecular weight excluding hydrogens is 250 g/mol. The number of nitrogens with one attached hydrogen (secondary N) is 1. The van der Waals surface area contributed by atoms with Crippen LogP contribution < -0.4 is 5.32 Å². The van der Waals surface area contributed by atoms with Gasteiger partial charge in [0.2, 0.25) is 5.91 Å². The van der Waals surface area contributed by atoms with Gasteiger partial charge in [0.05, 0.1) is 11.5 Å². The van der Waals surface area contributed by atoms with Crippen LogP contribution in [0, 0.1) is 5.41 Å². The molecule has 1 fully saturated rings. The van der Waals surface area contributed by atoms with Crippen LogP contribution >= 0.6 is 0 Å². The van der Waals surface area contributed by atoms with Crippen molar-refractivity contribution in [2.45, 2.75) is 38.2 Å². The Morgan fingerprint density at radius 2 is 1.95 bits per heavy atom. The molecule has 2 aliphatic rings. The van der Waals surface area contributed by atoms with Crippen LogP contribution in [0.25, 0.3) is 0 Å². The molecule has 3 rings (SSSR count). The number of amides is 1. The third-order valence-corrected chi connectivity index (χ3v) is 5.00. The second-order valence-corrected chi connectivity index (χ2v) is 6.38. The molecule has 0 spiro atoms. The van der Waals surface area contributed by atoms with Gasteiger partial charge in [0, 0.05) is 12.0 Å². The molecule has 2 N–H and O–H groups in total. The van der Waals surface area contributed by atoms with Gasteiger partial charge in [0.15, 0.2) is 0 Å². The molecule has 1 aliphatic heterocycles. The topological polar surface area (TPSA) is 49.3 Å². The monoisotopic (exact) mass is 271 g/mol. The van der Waals surface area contributed by atoms with E-state index in [4.69, 9.17) is 0 Å². The van der Waals surface area contributed by atoms with E-state index in [1.165, 1.54) is 0 Å². The summed E-state index contributed by atoms with van der Waals surface area (Å²) in [6.45, 7) is 4.64. The lowest BCUT2D eigenvalue weighted by molar-refractivity contribution is -0.128. The van der Waals surface area contributed by atoms with Crippen LogP contribution in [-0.2, 0) is 10.2 Å². The molecule has 106 valence electrons. The number of benzene rings is 1. The molecule has 0 radical (unpaired) electrons. The average Bonchev–Trinajstić information content (AvgIpc) is 2.45. The van der Waals surface area contributed by atoms with Gasteiger partial charge in [-0.2, -0.15) is 0 Å². The van der Waals surface area contributed by atoms with E-state index in [1.54, 1.807) is 0 Å². The van der Waals surface area contributed by atoms with Crippen molar-refractivity contribution in [1.82, 2.24) is 5.32 Å². The fourth-order valence-corrected chi connectivity index (χ4v) is 3.80. The quantitative estimate of drug-likeness (QED) is 0.769. The van der Waals surface area contributed by atoms with Crippen LogP contribution in [0.1, 0.15) is 32.3 Å². The van der Waals surface area contributed by atoms with Gasteiger partial charge < -0.3 is 10.4 Å². The Labute approximate surface area is 119 Å². The normalized spacial score (nSPS) is 32.0. The van der Waals surface area contributed by atoms with Crippen molar-refractivity contribution >= 4 is 5.91 Å². The smallest absolute Gasteiger partial charge is 0.235 e. The Hall–Kier alpha value is -1.61. The van der Waals surface area contributed by atoms with Crippen molar-refractivity contribution in [3.63, 3.8) is 0 Å². The summed E-state index contributed by atoms with van der Waals surface area (Å²) in [4.78, 5) is 12.7. The van der Waals surface area contributed by atoms with Gasteiger partial charge >= 0.3 is 0 Å². The van der Waals surface area contributed by atoms with Crippen molar-refractivity contribution in [3.05, 3.63) is 47.5 Å². The molecule has 1 heterocycles. The van der Waals surface area contributed by atoms with Crippen LogP contribution in [-0.4, -0.2) is 23.7 Å². The first kappa shape index (κ1) is 13.4. The number of carbonyl (C=O) groups is 1. The van der Waals surface area contributed by atoms with Crippen molar-refractivity contribution in [1.29, 1.82) is 0 Å². The zero-order valence-corrected chi connectivity index (χ0v) is 12.0. The predicted octanol–water partition coefficient (Wildman–Crippen LogP) is 2.16. The van der Waals surface area contributed by atoms with Gasteiger partial charge in [-0.3, -0.25) is 4.79 Å². The summed E-state index contributed by atoms with van der Waals surface area (Å²) >= 11 is 0. The molecule has 3 nitrogen and oxygen atoms in total. The molecule has 1 aliphatic carbocycles. The second-order valence-electron chi connectivity index (χ2n) is 6.38. The Morgan fingerprint density at radius 1 is 1.25 bits per heavy atom. The van der Waals surface area contributed by atoms with E-state index in [-0.39, 0.29) is 11.3 Å². The molecule has 3 heteroatoms. The lowest BCUT2D eigenvalue weighted by Crippen LogP contribution is -2.57. The maximum absolute atomic E-state index is 12.7. The first-order valence-corrected chi connectivity index (χ1v) is 7.22. The molecular formula is C17H21NO2. The molecule has 0 aromatic heterocycles. The highest BCUT2D eigenvalue weighted by atomic mass is 16.3. The highest BCUT2D eigenvalue weighted by molar-refractivity contribution is 5.93. The summed E-state index contributed by atoms with van der Waals surface area (Å²) in [7, 11) is 0. The van der Waals surface area contributed by atoms with Crippen LogP contribution in [0.3, 0.4) is 0 Å². The van der Waals surface area contributed by atoms with E-state index in [1.807, 2.05) is 44.2 Å². The second kappa shape index (κ2) is 4.45. The van der Waals surface area contributed by atoms with E-state index in [0.29, 0.717) is 19.4 Å². The summed E-state index contributed by atoms with van der Waals surface area (Å²) < 4.78 is 0. The van der Waals surface area contributed by atoms with Gasteiger partial charge in [0.25, 0.3) is 0 Å². The molecule has 20 heavy (non-hydrogen) atoms. The standard InChI is InChI=1S/C17H21NO2/c1-16(2)13-9-11-18-15(20)17(13,10-8-14(16)19)12-6-4-3-5-7-12/h3-7,9,14,19H,8,10-11H2,1-2H3,(H,18,20). The highest BCUT2D eigenvalue weighted by Crippen LogP contribution is 2.53. The molecule has 1 aromatic rings. The third-order valence-electron chi connectivity index (χ3n) is 5.00. The molecule has 2 unspecified atom stereocenters. The minimum atomic E-state index is -0.609. The Bertz CT molecular complexity index is 562. The van der Waals surface area contributed by atoms with Crippen molar-refractivity contribution in [2.75, 3.05) is 6.54 Å². The summed E-state index contributed by atoms with van der Waals surface area (Å²) in [6, 6.07) is 9.95. The van der Waals surface area contributed by atoms with Crippen LogP contribution in [0.4, 0.5) is 0 Å². The zero-order chi connectivity index (χ0) is 14.4. The molecule has 0 saturated heterocycles. The van der Waals surface area contributed by atoms with E-state index >= 15 is 0 Å². The summed E-state index contributed by atoms with van der Waals surface area (Å²) in [5.74, 6) is 0.0705. The Morgan fingerprint density at radius 3 is 2.65 bits per heavy atom. The van der Waals surface area contributed by atoms with Crippen LogP contribution in [0.5, 0.6) is 0 Å². The van der Waals surface area contributed by atoms with Gasteiger partial charge in [-0.1, -0.05) is 50.3 Å². The van der Waals surface area contributed by atoms with Gasteiger partial charge in [-0.05, 0) is 24.0 Å². The maximum Gasteiger partial charge on any atom is 0.235 e. The molecule has 1 amide bonds. The first-order valence-electron chi connectivity index (χ1n) is 7.22. The van der Waals surface area contributed by atoms with Crippen molar-refractivity contribution in [3.8, 4) is 0 Å². The minimum absolute atomic E-state index is 0.0705. The summed E-state index contributed by atoms with van der Waals surface area (Å²) in [5.41, 5.74) is 1.12. The van der Waals surface area contributed by atoms with Gasteiger partial charge in [0.1, 0.15) is 0 Å². The van der Waals surface area contributed by atoms with Crippen molar-refractivity contribution < 1.29 is 9.90 Å². The lowest BCUT2D eigenvalue weighted by Gasteiger charge is -2.51. The zero-order valence-electron chi connectivity index (χ0n) is 12.0. The van der Waals surface area contributed by atoms with E-state index < -0.39 is 11.5 Å². The number of hydrogen-bond acceptors (Lipinski definition) is 2. The minimum Gasteiger partial charge on any atom is -0.392 e. The number of rotatable bonds is 1. The van der Waals surface area contributed by atoms with Crippen LogP contribution in [0.2, 0.25) is 0 Å². The predicted molar refractivity (Wildman–Crippen MR) is 78.2 cm³/mol. The summed E-state index contributed by atoms with van der Waals surface area (Å²) in [5, 5.41) is 13.3. The van der Waals surface area contributed by atoms with Gasteiger partial charge in [-0.25, -0.2) is 0 Å². The molecule has 1 saturated carbocycles. The number of aliphatic hydroxyl groups is 1. The fourth-order valence-electron chi connectivity index (χ4n) is 3.80.